The molecular weight excluding hydrogens is 366 g/mol. The van der Waals surface area contributed by atoms with E-state index in [-0.39, 0.29) is 11.9 Å². The molecule has 0 bridgehead atoms. The average Bonchev–Trinajstić information content (AvgIpc) is 3.17. The van der Waals surface area contributed by atoms with Crippen molar-refractivity contribution in [2.45, 2.75) is 25.4 Å². The lowest BCUT2D eigenvalue weighted by atomic mass is 10.2. The molecule has 0 saturated carbocycles. The Bertz CT molecular complexity index is 828. The summed E-state index contributed by atoms with van der Waals surface area (Å²) in [6, 6.07) is 13.7. The van der Waals surface area contributed by atoms with Gasteiger partial charge in [0.25, 0.3) is 0 Å². The lowest BCUT2D eigenvalue weighted by Gasteiger charge is -2.24. The minimum Gasteiger partial charge on any atom is -0.495 e. The van der Waals surface area contributed by atoms with Crippen LogP contribution in [-0.4, -0.2) is 36.5 Å². The fourth-order valence-electron chi connectivity index (χ4n) is 3.16. The van der Waals surface area contributed by atoms with Gasteiger partial charge in [-0.25, -0.2) is 4.79 Å². The number of likely N-dealkylation sites (tertiary alicyclic amines) is 1. The molecule has 1 aliphatic heterocycles. The summed E-state index contributed by atoms with van der Waals surface area (Å²) in [4.78, 5) is 26.9. The summed E-state index contributed by atoms with van der Waals surface area (Å²) in [5.41, 5.74) is 1.42. The number of halogens is 1. The summed E-state index contributed by atoms with van der Waals surface area (Å²) in [5, 5.41) is 6.32. The number of anilines is 1. The Balaban J connectivity index is 1.63. The molecule has 0 unspecified atom stereocenters. The second-order valence-electron chi connectivity index (χ2n) is 6.29. The van der Waals surface area contributed by atoms with Crippen LogP contribution >= 0.6 is 11.6 Å². The summed E-state index contributed by atoms with van der Waals surface area (Å²) in [6.45, 7) is 0.863. The van der Waals surface area contributed by atoms with Crippen LogP contribution in [0.4, 0.5) is 10.5 Å². The molecule has 1 heterocycles. The molecule has 1 atom stereocenters. The molecule has 1 fully saturated rings. The molecule has 0 spiro atoms. The minimum atomic E-state index is -0.498. The van der Waals surface area contributed by atoms with Gasteiger partial charge < -0.3 is 20.3 Å². The van der Waals surface area contributed by atoms with Crippen molar-refractivity contribution in [2.24, 2.45) is 0 Å². The van der Waals surface area contributed by atoms with Gasteiger partial charge in [0, 0.05) is 18.1 Å². The van der Waals surface area contributed by atoms with Crippen LogP contribution in [0.25, 0.3) is 0 Å². The van der Waals surface area contributed by atoms with E-state index in [1.807, 2.05) is 30.3 Å². The van der Waals surface area contributed by atoms with Crippen LogP contribution in [0.5, 0.6) is 5.75 Å². The van der Waals surface area contributed by atoms with Gasteiger partial charge in [-0.2, -0.15) is 0 Å². The van der Waals surface area contributed by atoms with E-state index < -0.39 is 6.04 Å². The van der Waals surface area contributed by atoms with Crippen LogP contribution in [0, 0.1) is 0 Å². The van der Waals surface area contributed by atoms with Gasteiger partial charge in [0.1, 0.15) is 11.8 Å². The topological polar surface area (TPSA) is 70.7 Å². The lowest BCUT2D eigenvalue weighted by molar-refractivity contribution is -0.124. The Hall–Kier alpha value is -2.73. The molecule has 3 amide bonds. The number of methoxy groups -OCH3 is 1. The molecule has 2 aromatic carbocycles. The highest BCUT2D eigenvalue weighted by atomic mass is 35.5. The van der Waals surface area contributed by atoms with Gasteiger partial charge >= 0.3 is 6.03 Å². The van der Waals surface area contributed by atoms with Gasteiger partial charge in [-0.05, 0) is 36.6 Å². The summed E-state index contributed by atoms with van der Waals surface area (Å²) in [7, 11) is 1.55. The molecule has 142 valence electrons. The lowest BCUT2D eigenvalue weighted by Crippen LogP contribution is -2.47. The average molecular weight is 388 g/mol. The van der Waals surface area contributed by atoms with E-state index in [2.05, 4.69) is 10.6 Å². The zero-order valence-corrected chi connectivity index (χ0v) is 15.8. The van der Waals surface area contributed by atoms with Crippen LogP contribution in [0.3, 0.4) is 0 Å². The monoisotopic (exact) mass is 387 g/mol. The SMILES string of the molecule is COc1ccccc1NC(=O)N1CCC[C@H]1C(=O)NCc1ccccc1Cl. The summed E-state index contributed by atoms with van der Waals surface area (Å²) < 4.78 is 5.26. The van der Waals surface area contributed by atoms with E-state index in [0.717, 1.165) is 12.0 Å². The van der Waals surface area contributed by atoms with Crippen molar-refractivity contribution in [3.8, 4) is 5.75 Å². The Kier molecular flexibility index (Phi) is 6.19. The maximum Gasteiger partial charge on any atom is 0.322 e. The number of ether oxygens (including phenoxy) is 1. The van der Waals surface area contributed by atoms with Crippen molar-refractivity contribution in [3.05, 3.63) is 59.1 Å². The summed E-state index contributed by atoms with van der Waals surface area (Å²) >= 11 is 6.13. The molecule has 1 saturated heterocycles. The van der Waals surface area contributed by atoms with E-state index in [1.54, 1.807) is 30.2 Å². The van der Waals surface area contributed by atoms with Gasteiger partial charge in [0.15, 0.2) is 0 Å². The predicted molar refractivity (Wildman–Crippen MR) is 105 cm³/mol. The van der Waals surface area contributed by atoms with Crippen molar-refractivity contribution in [3.63, 3.8) is 0 Å². The van der Waals surface area contributed by atoms with Gasteiger partial charge in [-0.3, -0.25) is 4.79 Å². The molecule has 3 rings (SSSR count). The zero-order chi connectivity index (χ0) is 19.2. The van der Waals surface area contributed by atoms with Crippen molar-refractivity contribution in [1.82, 2.24) is 10.2 Å². The maximum absolute atomic E-state index is 12.7. The van der Waals surface area contributed by atoms with E-state index in [0.29, 0.717) is 36.0 Å². The molecule has 0 aromatic heterocycles. The number of rotatable bonds is 5. The second kappa shape index (κ2) is 8.77. The second-order valence-corrected chi connectivity index (χ2v) is 6.70. The van der Waals surface area contributed by atoms with Crippen molar-refractivity contribution >= 4 is 29.2 Å². The van der Waals surface area contributed by atoms with E-state index in [4.69, 9.17) is 16.3 Å². The molecule has 0 aliphatic carbocycles. The zero-order valence-electron chi connectivity index (χ0n) is 15.1. The number of benzene rings is 2. The molecular formula is C20H22ClN3O3. The Morgan fingerprint density at radius 2 is 1.93 bits per heavy atom. The van der Waals surface area contributed by atoms with Crippen LogP contribution in [0.1, 0.15) is 18.4 Å². The molecule has 1 aliphatic rings. The summed E-state index contributed by atoms with van der Waals surface area (Å²) in [5.74, 6) is 0.396. The number of amides is 3. The first-order valence-electron chi connectivity index (χ1n) is 8.82. The van der Waals surface area contributed by atoms with Gasteiger partial charge in [0.2, 0.25) is 5.91 Å². The third-order valence-corrected chi connectivity index (χ3v) is 4.94. The number of carbonyl (C=O) groups excluding carboxylic acids is 2. The van der Waals surface area contributed by atoms with E-state index in [1.165, 1.54) is 0 Å². The van der Waals surface area contributed by atoms with Crippen molar-refractivity contribution in [1.29, 1.82) is 0 Å². The molecule has 7 heteroatoms. The van der Waals surface area contributed by atoms with Gasteiger partial charge in [-0.15, -0.1) is 0 Å². The van der Waals surface area contributed by atoms with E-state index in [9.17, 15) is 9.59 Å². The first-order valence-corrected chi connectivity index (χ1v) is 9.19. The summed E-state index contributed by atoms with van der Waals surface area (Å²) in [6.07, 6.45) is 1.41. The normalized spacial score (nSPS) is 16.1. The smallest absolute Gasteiger partial charge is 0.322 e. The molecule has 0 radical (unpaired) electrons. The highest BCUT2D eigenvalue weighted by molar-refractivity contribution is 6.31. The number of hydrogen-bond donors (Lipinski definition) is 2. The highest BCUT2D eigenvalue weighted by Crippen LogP contribution is 2.25. The molecule has 27 heavy (non-hydrogen) atoms. The molecule has 6 nitrogen and oxygen atoms in total. The number of urea groups is 1. The maximum atomic E-state index is 12.7. The third-order valence-electron chi connectivity index (χ3n) is 4.58. The van der Waals surface area contributed by atoms with Crippen LogP contribution in [0.2, 0.25) is 5.02 Å². The van der Waals surface area contributed by atoms with Crippen molar-refractivity contribution in [2.75, 3.05) is 19.0 Å². The number of hydrogen-bond acceptors (Lipinski definition) is 3. The molecule has 2 aromatic rings. The first-order chi connectivity index (χ1) is 13.1. The first kappa shape index (κ1) is 19.0. The standard InChI is InChI=1S/C20H22ClN3O3/c1-27-18-11-5-4-9-16(18)23-20(26)24-12-6-10-17(24)19(25)22-13-14-7-2-3-8-15(14)21/h2-5,7-9,11,17H,6,10,12-13H2,1H3,(H,22,25)(H,23,26)/t17-/m0/s1. The fourth-order valence-corrected chi connectivity index (χ4v) is 3.36. The predicted octanol–water partition coefficient (Wildman–Crippen LogP) is 3.66. The quantitative estimate of drug-likeness (QED) is 0.822. The molecule has 2 N–H and O–H groups in total. The number of nitrogens with one attached hydrogen (secondary N) is 2. The number of para-hydroxylation sites is 2. The number of nitrogens with zero attached hydrogens (tertiary/aromatic N) is 1. The Labute approximate surface area is 163 Å². The minimum absolute atomic E-state index is 0.178. The van der Waals surface area contributed by atoms with Gasteiger partial charge in [-0.1, -0.05) is 41.9 Å². The van der Waals surface area contributed by atoms with Crippen LogP contribution in [-0.2, 0) is 11.3 Å². The fraction of sp³-hybridized carbons (Fsp3) is 0.300. The van der Waals surface area contributed by atoms with Crippen molar-refractivity contribution < 1.29 is 14.3 Å². The Morgan fingerprint density at radius 3 is 2.70 bits per heavy atom. The largest absolute Gasteiger partial charge is 0.495 e. The van der Waals surface area contributed by atoms with Gasteiger partial charge in [0.05, 0.1) is 12.8 Å². The number of carbonyl (C=O) groups is 2. The van der Waals surface area contributed by atoms with E-state index >= 15 is 0 Å². The highest BCUT2D eigenvalue weighted by Gasteiger charge is 2.34. The van der Waals surface area contributed by atoms with Crippen LogP contribution < -0.4 is 15.4 Å². The van der Waals surface area contributed by atoms with Crippen LogP contribution in [0.15, 0.2) is 48.5 Å². The Morgan fingerprint density at radius 1 is 1.19 bits per heavy atom. The third kappa shape index (κ3) is 4.52.